The minimum Gasteiger partial charge on any atom is -0.506 e. The van der Waals surface area contributed by atoms with Gasteiger partial charge in [-0.05, 0) is 29.8 Å². The predicted octanol–water partition coefficient (Wildman–Crippen LogP) is 2.90. The molecule has 0 spiro atoms. The molecule has 0 aliphatic rings. The van der Waals surface area contributed by atoms with Gasteiger partial charge in [0.05, 0.1) is 5.02 Å². The molecule has 5 heteroatoms. The number of nitrogen functional groups attached to an aromatic ring is 1. The van der Waals surface area contributed by atoms with Gasteiger partial charge in [-0.3, -0.25) is 4.79 Å². The zero-order valence-corrected chi connectivity index (χ0v) is 11.8. The van der Waals surface area contributed by atoms with E-state index in [9.17, 15) is 9.90 Å². The fourth-order valence-corrected chi connectivity index (χ4v) is 2.05. The minimum absolute atomic E-state index is 0.0434. The molecule has 0 radical (unpaired) electrons. The first kappa shape index (κ1) is 14.2. The molecule has 0 unspecified atom stereocenters. The van der Waals surface area contributed by atoms with Gasteiger partial charge in [0.2, 0.25) is 0 Å². The van der Waals surface area contributed by atoms with E-state index in [4.69, 9.17) is 17.3 Å². The lowest BCUT2D eigenvalue weighted by Crippen LogP contribution is -2.26. The smallest absolute Gasteiger partial charge is 0.253 e. The molecule has 1 amide bonds. The Bertz CT molecular complexity index is 644. The minimum atomic E-state index is -0.185. The highest BCUT2D eigenvalue weighted by Crippen LogP contribution is 2.24. The molecule has 0 saturated carbocycles. The molecule has 3 N–H and O–H groups in total. The molecule has 2 rings (SSSR count). The van der Waals surface area contributed by atoms with Crippen LogP contribution in [0, 0.1) is 0 Å². The molecule has 4 nitrogen and oxygen atoms in total. The Morgan fingerprint density at radius 2 is 2.00 bits per heavy atom. The predicted molar refractivity (Wildman–Crippen MR) is 79.8 cm³/mol. The summed E-state index contributed by atoms with van der Waals surface area (Å²) in [7, 11) is 1.69. The quantitative estimate of drug-likeness (QED) is 0.854. The third-order valence-electron chi connectivity index (χ3n) is 3.00. The Hall–Kier alpha value is -2.20. The number of nitrogens with zero attached hydrogens (tertiary/aromatic N) is 1. The lowest BCUT2D eigenvalue weighted by molar-refractivity contribution is 0.0785. The van der Waals surface area contributed by atoms with Crippen LogP contribution in [0.1, 0.15) is 15.9 Å². The number of anilines is 1. The van der Waals surface area contributed by atoms with E-state index in [-0.39, 0.29) is 16.7 Å². The fourth-order valence-electron chi connectivity index (χ4n) is 1.87. The summed E-state index contributed by atoms with van der Waals surface area (Å²) in [6.45, 7) is 0.407. The number of hydrogen-bond acceptors (Lipinski definition) is 3. The van der Waals surface area contributed by atoms with Gasteiger partial charge in [0.15, 0.2) is 0 Å². The van der Waals surface area contributed by atoms with Gasteiger partial charge in [-0.2, -0.15) is 0 Å². The van der Waals surface area contributed by atoms with Crippen molar-refractivity contribution in [3.63, 3.8) is 0 Å². The molecule has 104 valence electrons. The summed E-state index contributed by atoms with van der Waals surface area (Å²) in [6, 6.07) is 11.8. The first-order chi connectivity index (χ1) is 9.49. The SMILES string of the molecule is CN(Cc1ccccc1N)C(=O)c1ccc(O)c(Cl)c1. The maximum atomic E-state index is 12.3. The molecule has 2 aromatic rings. The molecule has 2 aromatic carbocycles. The molecule has 0 bridgehead atoms. The highest BCUT2D eigenvalue weighted by molar-refractivity contribution is 6.32. The number of benzene rings is 2. The van der Waals surface area contributed by atoms with Crippen molar-refractivity contribution in [2.24, 2.45) is 0 Å². The van der Waals surface area contributed by atoms with E-state index in [2.05, 4.69) is 0 Å². The fraction of sp³-hybridized carbons (Fsp3) is 0.133. The monoisotopic (exact) mass is 290 g/mol. The van der Waals surface area contributed by atoms with Gasteiger partial charge in [-0.25, -0.2) is 0 Å². The maximum absolute atomic E-state index is 12.3. The number of rotatable bonds is 3. The molecule has 20 heavy (non-hydrogen) atoms. The first-order valence-electron chi connectivity index (χ1n) is 6.06. The summed E-state index contributed by atoms with van der Waals surface area (Å²) in [5.41, 5.74) is 7.81. The number of para-hydroxylation sites is 1. The molecular formula is C15H15ClN2O2. The Balaban J connectivity index is 2.16. The summed E-state index contributed by atoms with van der Waals surface area (Å²) in [6.07, 6.45) is 0. The Labute approximate surface area is 122 Å². The summed E-state index contributed by atoms with van der Waals surface area (Å²) in [4.78, 5) is 13.8. The van der Waals surface area contributed by atoms with Crippen molar-refractivity contribution in [2.45, 2.75) is 6.54 Å². The van der Waals surface area contributed by atoms with Crippen LogP contribution in [0.15, 0.2) is 42.5 Å². The number of carbonyl (C=O) groups is 1. The molecular weight excluding hydrogens is 276 g/mol. The second kappa shape index (κ2) is 5.84. The highest BCUT2D eigenvalue weighted by atomic mass is 35.5. The molecule has 0 fully saturated rings. The Kier molecular flexibility index (Phi) is 4.15. The van der Waals surface area contributed by atoms with Crippen LogP contribution in [0.4, 0.5) is 5.69 Å². The number of hydrogen-bond donors (Lipinski definition) is 2. The van der Waals surface area contributed by atoms with Gasteiger partial charge in [-0.1, -0.05) is 29.8 Å². The number of carbonyl (C=O) groups excluding carboxylic acids is 1. The summed E-state index contributed by atoms with van der Waals surface area (Å²) >= 11 is 5.81. The number of phenolic OH excluding ortho intramolecular Hbond substituents is 1. The standard InChI is InChI=1S/C15H15ClN2O2/c1-18(9-11-4-2-3-5-13(11)17)15(20)10-6-7-14(19)12(16)8-10/h2-8,19H,9,17H2,1H3. The van der Waals surface area contributed by atoms with Gasteiger partial charge >= 0.3 is 0 Å². The van der Waals surface area contributed by atoms with E-state index >= 15 is 0 Å². The third-order valence-corrected chi connectivity index (χ3v) is 3.31. The van der Waals surface area contributed by atoms with Crippen molar-refractivity contribution in [3.8, 4) is 5.75 Å². The van der Waals surface area contributed by atoms with Crippen molar-refractivity contribution >= 4 is 23.2 Å². The molecule has 0 aromatic heterocycles. The van der Waals surface area contributed by atoms with Gasteiger partial charge in [0.25, 0.3) is 5.91 Å². The second-order valence-corrected chi connectivity index (χ2v) is 4.93. The zero-order chi connectivity index (χ0) is 14.7. The van der Waals surface area contributed by atoms with Crippen molar-refractivity contribution < 1.29 is 9.90 Å². The van der Waals surface area contributed by atoms with Crippen molar-refractivity contribution in [1.29, 1.82) is 0 Å². The average molecular weight is 291 g/mol. The van der Waals surface area contributed by atoms with Crippen LogP contribution in [-0.2, 0) is 6.54 Å². The lowest BCUT2D eigenvalue weighted by atomic mass is 10.1. The van der Waals surface area contributed by atoms with Crippen molar-refractivity contribution in [3.05, 3.63) is 58.6 Å². The van der Waals surface area contributed by atoms with Gasteiger partial charge in [0, 0.05) is 24.8 Å². The molecule has 0 aliphatic heterocycles. The van der Waals surface area contributed by atoms with E-state index in [1.165, 1.54) is 18.2 Å². The number of halogens is 1. The number of aromatic hydroxyl groups is 1. The topological polar surface area (TPSA) is 66.6 Å². The van der Waals surface area contributed by atoms with Crippen LogP contribution < -0.4 is 5.73 Å². The van der Waals surface area contributed by atoms with Crippen molar-refractivity contribution in [1.82, 2.24) is 4.90 Å². The third kappa shape index (κ3) is 3.03. The van der Waals surface area contributed by atoms with E-state index in [0.29, 0.717) is 17.8 Å². The van der Waals surface area contributed by atoms with Gasteiger partial charge < -0.3 is 15.7 Å². The average Bonchev–Trinajstić information content (AvgIpc) is 2.43. The number of amides is 1. The normalized spacial score (nSPS) is 10.3. The second-order valence-electron chi connectivity index (χ2n) is 4.53. The van der Waals surface area contributed by atoms with Crippen LogP contribution >= 0.6 is 11.6 Å². The lowest BCUT2D eigenvalue weighted by Gasteiger charge is -2.18. The molecule has 0 heterocycles. The summed E-state index contributed by atoms with van der Waals surface area (Å²) < 4.78 is 0. The van der Waals surface area contributed by atoms with Gasteiger partial charge in [0.1, 0.15) is 5.75 Å². The van der Waals surface area contributed by atoms with E-state index in [1.54, 1.807) is 18.0 Å². The van der Waals surface area contributed by atoms with E-state index in [1.807, 2.05) is 18.2 Å². The summed E-state index contributed by atoms with van der Waals surface area (Å²) in [5, 5.41) is 9.52. The Morgan fingerprint density at radius 1 is 1.30 bits per heavy atom. The van der Waals surface area contributed by atoms with Crippen LogP contribution in [0.2, 0.25) is 5.02 Å². The Morgan fingerprint density at radius 3 is 2.65 bits per heavy atom. The largest absolute Gasteiger partial charge is 0.506 e. The number of phenols is 1. The van der Waals surface area contributed by atoms with Crippen LogP contribution in [0.3, 0.4) is 0 Å². The number of nitrogens with two attached hydrogens (primary N) is 1. The molecule has 0 aliphatic carbocycles. The van der Waals surface area contributed by atoms with Crippen LogP contribution in [0.25, 0.3) is 0 Å². The summed E-state index contributed by atoms with van der Waals surface area (Å²) in [5.74, 6) is -0.228. The highest BCUT2D eigenvalue weighted by Gasteiger charge is 2.14. The maximum Gasteiger partial charge on any atom is 0.253 e. The van der Waals surface area contributed by atoms with Crippen LogP contribution in [-0.4, -0.2) is 23.0 Å². The zero-order valence-electron chi connectivity index (χ0n) is 11.0. The molecule has 0 atom stereocenters. The van der Waals surface area contributed by atoms with E-state index in [0.717, 1.165) is 5.56 Å². The van der Waals surface area contributed by atoms with Crippen LogP contribution in [0.5, 0.6) is 5.75 Å². The first-order valence-corrected chi connectivity index (χ1v) is 6.44. The van der Waals surface area contributed by atoms with Gasteiger partial charge in [-0.15, -0.1) is 0 Å². The van der Waals surface area contributed by atoms with Crippen molar-refractivity contribution in [2.75, 3.05) is 12.8 Å². The molecule has 0 saturated heterocycles. The van der Waals surface area contributed by atoms with E-state index < -0.39 is 0 Å².